The monoisotopic (exact) mass is 760 g/mol. The largest absolute Gasteiger partial charge is 4.00 e. The van der Waals surface area contributed by atoms with Gasteiger partial charge in [0.05, 0.1) is 8.07 Å². The molecule has 2 heteroatoms. The zero-order valence-electron chi connectivity index (χ0n) is 28.4. The van der Waals surface area contributed by atoms with Gasteiger partial charge in [0.15, 0.2) is 0 Å². The van der Waals surface area contributed by atoms with Gasteiger partial charge < -0.3 is 14.9 Å². The Morgan fingerprint density at radius 2 is 0.864 bits per heavy atom. The van der Waals surface area contributed by atoms with Crippen LogP contribution in [0.25, 0.3) is 43.8 Å². The van der Waals surface area contributed by atoms with E-state index in [2.05, 4.69) is 165 Å². The van der Waals surface area contributed by atoms with Crippen LogP contribution >= 0.6 is 0 Å². The van der Waals surface area contributed by atoms with E-state index in [-0.39, 0.29) is 50.8 Å². The van der Waals surface area contributed by atoms with Crippen molar-refractivity contribution in [2.75, 3.05) is 0 Å². The van der Waals surface area contributed by atoms with Gasteiger partial charge >= 0.3 is 25.8 Å². The van der Waals surface area contributed by atoms with Crippen molar-refractivity contribution in [1.82, 2.24) is 0 Å². The van der Waals surface area contributed by atoms with Gasteiger partial charge in [0, 0.05) is 0 Å². The van der Waals surface area contributed by atoms with Crippen LogP contribution in [0.2, 0.25) is 10.1 Å². The van der Waals surface area contributed by atoms with E-state index in [9.17, 15) is 0 Å². The summed E-state index contributed by atoms with van der Waals surface area (Å²) in [6.45, 7) is 19.3. The summed E-state index contributed by atoms with van der Waals surface area (Å²) in [7, 11) is -2.39. The molecule has 0 aliphatic heterocycles. The molecule has 6 aromatic carbocycles. The van der Waals surface area contributed by atoms with Crippen LogP contribution in [0.4, 0.5) is 0 Å². The molecule has 0 saturated heterocycles. The molecule has 0 N–H and O–H groups in total. The van der Waals surface area contributed by atoms with E-state index >= 15 is 0 Å². The number of benzene rings is 4. The van der Waals surface area contributed by atoms with Crippen molar-refractivity contribution < 1.29 is 25.8 Å². The fourth-order valence-corrected chi connectivity index (χ4v) is 15.6. The summed E-state index contributed by atoms with van der Waals surface area (Å²) in [6, 6.07) is 41.7. The Morgan fingerprint density at radius 1 is 0.500 bits per heavy atom. The second kappa shape index (κ2) is 12.9. The van der Waals surface area contributed by atoms with Crippen LogP contribution in [0.5, 0.6) is 0 Å². The second-order valence-corrected chi connectivity index (χ2v) is 19.7. The van der Waals surface area contributed by atoms with Crippen LogP contribution in [-0.4, -0.2) is 8.07 Å². The average molecular weight is 759 g/mol. The molecule has 0 heterocycles. The minimum Gasteiger partial charge on any atom is -0.358 e. The van der Waals surface area contributed by atoms with Gasteiger partial charge in [-0.05, 0) is 35.1 Å². The summed E-state index contributed by atoms with van der Waals surface area (Å²) in [5, 5.41) is 8.70. The fourth-order valence-electron chi connectivity index (χ4n) is 8.05. The molecule has 0 radical (unpaired) electrons. The van der Waals surface area contributed by atoms with E-state index < -0.39 is 8.07 Å². The smallest absolute Gasteiger partial charge is 0.358 e. The van der Waals surface area contributed by atoms with Crippen molar-refractivity contribution in [3.63, 3.8) is 0 Å². The minimum absolute atomic E-state index is 0. The number of hydrogen-bond donors (Lipinski definition) is 0. The third-order valence-corrected chi connectivity index (χ3v) is 16.1. The Balaban J connectivity index is 0.00000176. The van der Waals surface area contributed by atoms with Crippen molar-refractivity contribution in [2.45, 2.75) is 65.5 Å². The van der Waals surface area contributed by atoms with Gasteiger partial charge in [-0.25, -0.2) is 0 Å². The third kappa shape index (κ3) is 5.81. The first kappa shape index (κ1) is 35.7. The van der Waals surface area contributed by atoms with Crippen molar-refractivity contribution in [3.8, 4) is 22.3 Å². The van der Waals surface area contributed by atoms with E-state index in [4.69, 9.17) is 0 Å². The van der Waals surface area contributed by atoms with E-state index in [1.165, 1.54) is 54.9 Å². The molecule has 0 spiro atoms. The Kier molecular flexibility index (Phi) is 10.4. The average Bonchev–Trinajstić information content (AvgIpc) is 3.51. The van der Waals surface area contributed by atoms with Gasteiger partial charge in [-0.3, -0.25) is 0 Å². The molecule has 6 rings (SSSR count). The number of hydrogen-bond acceptors (Lipinski definition) is 0. The summed E-state index contributed by atoms with van der Waals surface area (Å²) in [5.74, 6) is 0. The molecule has 0 aliphatic rings. The fraction of sp³-hybridized carbons (Fsp3) is 0.238. The Labute approximate surface area is 287 Å². The van der Waals surface area contributed by atoms with Gasteiger partial charge in [0.25, 0.3) is 0 Å². The van der Waals surface area contributed by atoms with Crippen LogP contribution in [0.3, 0.4) is 0 Å². The second-order valence-electron chi connectivity index (χ2n) is 14.1. The summed E-state index contributed by atoms with van der Waals surface area (Å²) >= 11 is 0. The molecule has 0 bridgehead atoms. The van der Waals surface area contributed by atoms with Gasteiger partial charge in [0.2, 0.25) is 0 Å². The van der Waals surface area contributed by atoms with Gasteiger partial charge in [-0.2, -0.15) is 12.1 Å². The van der Waals surface area contributed by atoms with Crippen LogP contribution in [0, 0.1) is 28.7 Å². The standard InChI is InChI=1S/C40H42Si.2CH3.Hf/c1-27-13-9-15-29(21-27)35-19-11-17-31-23-33(25-37(31)35)41(39(3,4)5,40(6,7)8)34-24-32-18-12-20-36(38(32)26-34)30-16-10-14-28(2)22-30;;;/h9-26H,1-8H3;2*1H3;/q-2;2*-1;+4. The predicted octanol–water partition coefficient (Wildman–Crippen LogP) is 11.4. The molecule has 0 fully saturated rings. The molecule has 0 saturated carbocycles. The minimum atomic E-state index is -2.39. The zero-order valence-corrected chi connectivity index (χ0v) is 33.0. The molecular formula is C42H48HfSi. The molecule has 6 aromatic rings. The number of rotatable bonds is 4. The molecule has 0 nitrogen and oxygen atoms in total. The van der Waals surface area contributed by atoms with Crippen molar-refractivity contribution >= 4 is 40.0 Å². The third-order valence-electron chi connectivity index (χ3n) is 9.28. The number of fused-ring (bicyclic) bond motifs is 2. The normalized spacial score (nSPS) is 12.0. The molecule has 44 heavy (non-hydrogen) atoms. The van der Waals surface area contributed by atoms with E-state index in [1.54, 1.807) is 10.4 Å². The summed E-state index contributed by atoms with van der Waals surface area (Å²) in [5.41, 5.74) is 7.86. The van der Waals surface area contributed by atoms with Crippen molar-refractivity contribution in [3.05, 3.63) is 135 Å². The van der Waals surface area contributed by atoms with Crippen molar-refractivity contribution in [1.29, 1.82) is 0 Å². The van der Waals surface area contributed by atoms with Gasteiger partial charge in [0.1, 0.15) is 0 Å². The predicted molar refractivity (Wildman–Crippen MR) is 197 cm³/mol. The zero-order chi connectivity index (χ0) is 29.2. The quantitative estimate of drug-likeness (QED) is 0.124. The van der Waals surface area contributed by atoms with E-state index in [0.29, 0.717) is 0 Å². The Morgan fingerprint density at radius 3 is 1.20 bits per heavy atom. The molecule has 0 aliphatic carbocycles. The molecule has 224 valence electrons. The number of aryl methyl sites for hydroxylation is 2. The van der Waals surface area contributed by atoms with E-state index in [0.717, 1.165) is 0 Å². The molecule has 0 atom stereocenters. The topological polar surface area (TPSA) is 0 Å². The molecule has 0 unspecified atom stereocenters. The Bertz CT molecular complexity index is 1740. The van der Waals surface area contributed by atoms with Crippen LogP contribution in [0.15, 0.2) is 109 Å². The summed E-state index contributed by atoms with van der Waals surface area (Å²) < 4.78 is 0. The maximum Gasteiger partial charge on any atom is 4.00 e. The molecular weight excluding hydrogens is 711 g/mol. The SMILES string of the molecule is Cc1cccc(-c2cccc3[cH-]c([Si](c4cc5c(-c6cccc(C)c6)cccc5[cH-]4)(C(C)(C)C)C(C)(C)C)cc23)c1.[CH3-].[CH3-].[Hf+4]. The summed E-state index contributed by atoms with van der Waals surface area (Å²) in [6.07, 6.45) is 0. The van der Waals surface area contributed by atoms with Crippen LogP contribution in [0.1, 0.15) is 52.7 Å². The molecule has 0 aromatic heterocycles. The van der Waals surface area contributed by atoms with Crippen LogP contribution in [-0.2, 0) is 25.8 Å². The first-order valence-corrected chi connectivity index (χ1v) is 16.9. The first-order valence-electron chi connectivity index (χ1n) is 14.9. The van der Waals surface area contributed by atoms with Crippen LogP contribution < -0.4 is 10.4 Å². The van der Waals surface area contributed by atoms with E-state index in [1.807, 2.05) is 0 Å². The molecule has 0 amide bonds. The first-order chi connectivity index (χ1) is 19.4. The van der Waals surface area contributed by atoms with Gasteiger partial charge in [-0.1, -0.05) is 124 Å². The Hall–Kier alpha value is -2.81. The van der Waals surface area contributed by atoms with Gasteiger partial charge in [-0.15, -0.1) is 68.3 Å². The maximum atomic E-state index is 2.56. The summed E-state index contributed by atoms with van der Waals surface area (Å²) in [4.78, 5) is 0. The maximum absolute atomic E-state index is 2.56. The van der Waals surface area contributed by atoms with Crippen molar-refractivity contribution in [2.24, 2.45) is 0 Å².